The van der Waals surface area contributed by atoms with Gasteiger partial charge in [-0.25, -0.2) is 14.8 Å². The summed E-state index contributed by atoms with van der Waals surface area (Å²) < 4.78 is 0. The lowest BCUT2D eigenvalue weighted by Gasteiger charge is -2.08. The minimum absolute atomic E-state index is 0.0793. The van der Waals surface area contributed by atoms with Crippen LogP contribution in [-0.2, 0) is 4.79 Å². The zero-order valence-electron chi connectivity index (χ0n) is 11.5. The van der Waals surface area contributed by atoms with Crippen LogP contribution in [0.15, 0.2) is 5.03 Å². The molecule has 6 nitrogen and oxygen atoms in total. The number of carboxylic acid groups (broad SMARTS) is 1. The van der Waals surface area contributed by atoms with E-state index in [1.807, 2.05) is 0 Å². The van der Waals surface area contributed by atoms with Crippen LogP contribution in [0.3, 0.4) is 0 Å². The van der Waals surface area contributed by atoms with Crippen LogP contribution < -0.4 is 5.32 Å². The Bertz CT molecular complexity index is 544. The molecule has 0 saturated heterocycles. The second kappa shape index (κ2) is 6.21. The van der Waals surface area contributed by atoms with E-state index in [1.54, 1.807) is 13.8 Å². The van der Waals surface area contributed by atoms with Crippen molar-refractivity contribution in [2.24, 2.45) is 5.92 Å². The van der Waals surface area contributed by atoms with E-state index in [9.17, 15) is 14.7 Å². The van der Waals surface area contributed by atoms with Gasteiger partial charge >= 0.3 is 5.97 Å². The molecule has 1 amide bonds. The molecule has 108 valence electrons. The van der Waals surface area contributed by atoms with E-state index >= 15 is 0 Å². The molecule has 1 aliphatic rings. The molecule has 1 heterocycles. The Kier molecular flexibility index (Phi) is 4.59. The molecule has 0 radical (unpaired) electrons. The lowest BCUT2D eigenvalue weighted by molar-refractivity contribution is -0.118. The highest BCUT2D eigenvalue weighted by Crippen LogP contribution is 2.27. The first kappa shape index (κ1) is 14.8. The fraction of sp³-hybridized carbons (Fsp3) is 0.538. The smallest absolute Gasteiger partial charge is 0.340 e. The van der Waals surface area contributed by atoms with Gasteiger partial charge in [0.1, 0.15) is 16.4 Å². The fourth-order valence-corrected chi connectivity index (χ4v) is 2.74. The summed E-state index contributed by atoms with van der Waals surface area (Å²) in [6.45, 7) is 4.05. The summed E-state index contributed by atoms with van der Waals surface area (Å²) in [6.07, 6.45) is 2.36. The number of hydrogen-bond donors (Lipinski definition) is 2. The first-order valence-corrected chi connectivity index (χ1v) is 7.44. The molecule has 0 aromatic carbocycles. The SMILES string of the molecule is Cc1nc(C)c(C(=O)O)c(SCC(=O)NCC2CC2)n1. The van der Waals surface area contributed by atoms with Gasteiger partial charge in [-0.2, -0.15) is 0 Å². The summed E-state index contributed by atoms with van der Waals surface area (Å²) in [6, 6.07) is 0. The lowest BCUT2D eigenvalue weighted by atomic mass is 10.2. The van der Waals surface area contributed by atoms with Gasteiger partial charge in [-0.15, -0.1) is 0 Å². The molecular formula is C13H17N3O3S. The number of carboxylic acids is 1. The quantitative estimate of drug-likeness (QED) is 0.609. The molecule has 1 saturated carbocycles. The van der Waals surface area contributed by atoms with Crippen molar-refractivity contribution in [3.05, 3.63) is 17.1 Å². The van der Waals surface area contributed by atoms with E-state index in [0.29, 0.717) is 29.0 Å². The standard InChI is InChI=1S/C13H17N3O3S/c1-7-11(13(18)19)12(16-8(2)15-7)20-6-10(17)14-5-9-3-4-9/h9H,3-6H2,1-2H3,(H,14,17)(H,18,19). The van der Waals surface area contributed by atoms with Crippen molar-refractivity contribution in [2.75, 3.05) is 12.3 Å². The molecule has 2 N–H and O–H groups in total. The highest BCUT2D eigenvalue weighted by atomic mass is 32.2. The summed E-state index contributed by atoms with van der Waals surface area (Å²) in [5.41, 5.74) is 0.501. The van der Waals surface area contributed by atoms with Crippen LogP contribution in [0.25, 0.3) is 0 Å². The molecule has 0 bridgehead atoms. The van der Waals surface area contributed by atoms with Gasteiger partial charge in [0.2, 0.25) is 5.91 Å². The third-order valence-electron chi connectivity index (χ3n) is 3.01. The van der Waals surface area contributed by atoms with E-state index in [-0.39, 0.29) is 17.2 Å². The molecule has 1 aliphatic carbocycles. The molecule has 1 fully saturated rings. The van der Waals surface area contributed by atoms with Crippen LogP contribution in [0.1, 0.15) is 34.7 Å². The van der Waals surface area contributed by atoms with E-state index in [4.69, 9.17) is 0 Å². The van der Waals surface area contributed by atoms with Gasteiger partial charge in [0, 0.05) is 6.54 Å². The molecule has 1 aromatic rings. The number of carbonyl (C=O) groups excluding carboxylic acids is 1. The number of rotatable bonds is 6. The zero-order valence-corrected chi connectivity index (χ0v) is 12.3. The van der Waals surface area contributed by atoms with Gasteiger partial charge in [0.25, 0.3) is 0 Å². The normalized spacial score (nSPS) is 14.1. The third kappa shape index (κ3) is 3.93. The zero-order chi connectivity index (χ0) is 14.7. The average molecular weight is 295 g/mol. The van der Waals surface area contributed by atoms with Crippen molar-refractivity contribution in [3.8, 4) is 0 Å². The van der Waals surface area contributed by atoms with Crippen LogP contribution in [0.4, 0.5) is 0 Å². The van der Waals surface area contributed by atoms with Gasteiger partial charge in [-0.05, 0) is 32.6 Å². The molecule has 2 rings (SSSR count). The maximum Gasteiger partial charge on any atom is 0.340 e. The summed E-state index contributed by atoms with van der Waals surface area (Å²) in [7, 11) is 0. The first-order valence-electron chi connectivity index (χ1n) is 6.45. The second-order valence-electron chi connectivity index (χ2n) is 4.88. The Morgan fingerprint density at radius 2 is 2.05 bits per heavy atom. The molecular weight excluding hydrogens is 278 g/mol. The predicted molar refractivity (Wildman–Crippen MR) is 74.9 cm³/mol. The van der Waals surface area contributed by atoms with E-state index in [2.05, 4.69) is 15.3 Å². The minimum atomic E-state index is -1.07. The average Bonchev–Trinajstić information content (AvgIpc) is 3.16. The Morgan fingerprint density at radius 3 is 2.65 bits per heavy atom. The molecule has 0 atom stereocenters. The maximum atomic E-state index is 11.7. The van der Waals surface area contributed by atoms with Gasteiger partial charge < -0.3 is 10.4 Å². The topological polar surface area (TPSA) is 92.2 Å². The number of nitrogens with one attached hydrogen (secondary N) is 1. The van der Waals surface area contributed by atoms with Crippen molar-refractivity contribution < 1.29 is 14.7 Å². The highest BCUT2D eigenvalue weighted by molar-refractivity contribution is 8.00. The summed E-state index contributed by atoms with van der Waals surface area (Å²) >= 11 is 1.14. The van der Waals surface area contributed by atoms with Crippen molar-refractivity contribution >= 4 is 23.6 Å². The summed E-state index contributed by atoms with van der Waals surface area (Å²) in [5.74, 6) is 0.147. The predicted octanol–water partition coefficient (Wildman–Crippen LogP) is 1.41. The van der Waals surface area contributed by atoms with Crippen LogP contribution in [0.2, 0.25) is 0 Å². The monoisotopic (exact) mass is 295 g/mol. The molecule has 0 unspecified atom stereocenters. The molecule has 20 heavy (non-hydrogen) atoms. The number of aryl methyl sites for hydroxylation is 2. The molecule has 0 spiro atoms. The Morgan fingerprint density at radius 1 is 1.35 bits per heavy atom. The largest absolute Gasteiger partial charge is 0.478 e. The number of carbonyl (C=O) groups is 2. The van der Waals surface area contributed by atoms with Crippen LogP contribution in [0, 0.1) is 19.8 Å². The van der Waals surface area contributed by atoms with Crippen molar-refractivity contribution in [1.29, 1.82) is 0 Å². The number of nitrogens with zero attached hydrogens (tertiary/aromatic N) is 2. The number of hydrogen-bond acceptors (Lipinski definition) is 5. The van der Waals surface area contributed by atoms with Gasteiger partial charge in [0.15, 0.2) is 0 Å². The number of aromatic carboxylic acids is 1. The Labute approximate surface area is 121 Å². The number of amides is 1. The van der Waals surface area contributed by atoms with Crippen molar-refractivity contribution in [1.82, 2.24) is 15.3 Å². The fourth-order valence-electron chi connectivity index (χ4n) is 1.80. The maximum absolute atomic E-state index is 11.7. The van der Waals surface area contributed by atoms with Crippen LogP contribution in [0.5, 0.6) is 0 Å². The first-order chi connectivity index (χ1) is 9.47. The van der Waals surface area contributed by atoms with Crippen molar-refractivity contribution in [3.63, 3.8) is 0 Å². The van der Waals surface area contributed by atoms with Crippen LogP contribution in [-0.4, -0.2) is 39.2 Å². The summed E-state index contributed by atoms with van der Waals surface area (Å²) in [4.78, 5) is 31.1. The summed E-state index contributed by atoms with van der Waals surface area (Å²) in [5, 5.41) is 12.4. The molecule has 7 heteroatoms. The lowest BCUT2D eigenvalue weighted by Crippen LogP contribution is -2.27. The Balaban J connectivity index is 2.00. The second-order valence-corrected chi connectivity index (χ2v) is 5.84. The third-order valence-corrected chi connectivity index (χ3v) is 3.98. The van der Waals surface area contributed by atoms with Crippen LogP contribution >= 0.6 is 11.8 Å². The highest BCUT2D eigenvalue weighted by Gasteiger charge is 2.22. The van der Waals surface area contributed by atoms with Crippen molar-refractivity contribution in [2.45, 2.75) is 31.7 Å². The molecule has 0 aliphatic heterocycles. The minimum Gasteiger partial charge on any atom is -0.478 e. The molecule has 1 aromatic heterocycles. The van der Waals surface area contributed by atoms with E-state index in [0.717, 1.165) is 11.8 Å². The van der Waals surface area contributed by atoms with Gasteiger partial charge in [-0.3, -0.25) is 4.79 Å². The number of aromatic nitrogens is 2. The number of thioether (sulfide) groups is 1. The van der Waals surface area contributed by atoms with Gasteiger partial charge in [0.05, 0.1) is 11.4 Å². The van der Waals surface area contributed by atoms with E-state index < -0.39 is 5.97 Å². The van der Waals surface area contributed by atoms with Gasteiger partial charge in [-0.1, -0.05) is 11.8 Å². The Hall–Kier alpha value is -1.63. The van der Waals surface area contributed by atoms with E-state index in [1.165, 1.54) is 12.8 Å².